The van der Waals surface area contributed by atoms with Gasteiger partial charge < -0.3 is 5.11 Å². The molecule has 0 saturated carbocycles. The van der Waals surface area contributed by atoms with Gasteiger partial charge in [0, 0.05) is 25.9 Å². The van der Waals surface area contributed by atoms with E-state index < -0.39 is 10.0 Å². The van der Waals surface area contributed by atoms with Crippen LogP contribution in [0, 0.1) is 5.92 Å². The van der Waals surface area contributed by atoms with E-state index in [0.717, 1.165) is 0 Å². The maximum absolute atomic E-state index is 12.4. The number of aliphatic hydroxyl groups excluding tert-OH is 1. The summed E-state index contributed by atoms with van der Waals surface area (Å²) in [6.45, 7) is 0.893. The van der Waals surface area contributed by atoms with Crippen LogP contribution >= 0.6 is 23.2 Å². The number of hydrogen-bond donors (Lipinski definition) is 1. The third-order valence-corrected chi connectivity index (χ3v) is 5.79. The average molecular weight is 325 g/mol. The standard InChI is InChI=1S/C11H14Cl2N2O3S/c12-10-5-9(6-14-11(10)13)19(17,18)15-3-1-8(7-16)2-4-15/h5-6,8,16H,1-4,7H2. The minimum atomic E-state index is -3.59. The lowest BCUT2D eigenvalue weighted by atomic mass is 10.00. The minimum Gasteiger partial charge on any atom is -0.396 e. The molecule has 1 aliphatic heterocycles. The number of piperidine rings is 1. The van der Waals surface area contributed by atoms with Gasteiger partial charge in [-0.15, -0.1) is 0 Å². The van der Waals surface area contributed by atoms with Crippen molar-refractivity contribution in [2.45, 2.75) is 17.7 Å². The van der Waals surface area contributed by atoms with E-state index in [1.807, 2.05) is 0 Å². The Hall–Kier alpha value is -0.400. The largest absolute Gasteiger partial charge is 0.396 e. The molecule has 0 unspecified atom stereocenters. The first-order valence-electron chi connectivity index (χ1n) is 5.87. The van der Waals surface area contributed by atoms with Crippen LogP contribution in [0.4, 0.5) is 0 Å². The van der Waals surface area contributed by atoms with Gasteiger partial charge in [0.15, 0.2) is 0 Å². The lowest BCUT2D eigenvalue weighted by Crippen LogP contribution is -2.39. The van der Waals surface area contributed by atoms with Gasteiger partial charge in [0.2, 0.25) is 10.0 Å². The number of pyridine rings is 1. The minimum absolute atomic E-state index is 0.0457. The molecule has 0 atom stereocenters. The fourth-order valence-corrected chi connectivity index (χ4v) is 3.80. The van der Waals surface area contributed by atoms with E-state index in [4.69, 9.17) is 28.3 Å². The number of aliphatic hydroxyl groups is 1. The van der Waals surface area contributed by atoms with Crippen LogP contribution in [-0.4, -0.2) is 42.5 Å². The molecular weight excluding hydrogens is 311 g/mol. The van der Waals surface area contributed by atoms with Crippen molar-refractivity contribution in [2.24, 2.45) is 5.92 Å². The zero-order chi connectivity index (χ0) is 14.0. The second kappa shape index (κ2) is 5.93. The molecule has 1 aromatic rings. The molecule has 1 N–H and O–H groups in total. The van der Waals surface area contributed by atoms with Gasteiger partial charge in [-0.2, -0.15) is 4.31 Å². The van der Waals surface area contributed by atoms with Gasteiger partial charge >= 0.3 is 0 Å². The first kappa shape index (κ1) is 15.0. The van der Waals surface area contributed by atoms with E-state index in [9.17, 15) is 8.42 Å². The van der Waals surface area contributed by atoms with Gasteiger partial charge in [-0.1, -0.05) is 23.2 Å². The molecule has 1 aromatic heterocycles. The van der Waals surface area contributed by atoms with Crippen molar-refractivity contribution >= 4 is 33.2 Å². The maximum atomic E-state index is 12.4. The molecule has 19 heavy (non-hydrogen) atoms. The molecule has 8 heteroatoms. The lowest BCUT2D eigenvalue weighted by Gasteiger charge is -2.30. The highest BCUT2D eigenvalue weighted by Crippen LogP contribution is 2.27. The van der Waals surface area contributed by atoms with Gasteiger partial charge in [-0.25, -0.2) is 13.4 Å². The van der Waals surface area contributed by atoms with E-state index in [2.05, 4.69) is 4.98 Å². The van der Waals surface area contributed by atoms with Crippen molar-refractivity contribution in [1.29, 1.82) is 0 Å². The molecule has 1 aliphatic rings. The predicted octanol–water partition coefficient (Wildman–Crippen LogP) is 1.78. The number of nitrogens with zero attached hydrogens (tertiary/aromatic N) is 2. The highest BCUT2D eigenvalue weighted by Gasteiger charge is 2.29. The second-order valence-corrected chi connectivity index (χ2v) is 7.18. The second-order valence-electron chi connectivity index (χ2n) is 4.47. The van der Waals surface area contributed by atoms with E-state index in [1.165, 1.54) is 16.6 Å². The summed E-state index contributed by atoms with van der Waals surface area (Å²) in [4.78, 5) is 3.80. The monoisotopic (exact) mass is 324 g/mol. The van der Waals surface area contributed by atoms with Crippen LogP contribution in [-0.2, 0) is 10.0 Å². The van der Waals surface area contributed by atoms with Crippen LogP contribution < -0.4 is 0 Å². The van der Waals surface area contributed by atoms with Crippen LogP contribution in [0.25, 0.3) is 0 Å². The molecular formula is C11H14Cl2N2O3S. The van der Waals surface area contributed by atoms with Crippen molar-refractivity contribution in [3.05, 3.63) is 22.4 Å². The lowest BCUT2D eigenvalue weighted by molar-refractivity contribution is 0.170. The maximum Gasteiger partial charge on any atom is 0.244 e. The van der Waals surface area contributed by atoms with E-state index in [-0.39, 0.29) is 27.6 Å². The zero-order valence-corrected chi connectivity index (χ0v) is 12.4. The quantitative estimate of drug-likeness (QED) is 0.860. The highest BCUT2D eigenvalue weighted by molar-refractivity contribution is 7.89. The first-order chi connectivity index (χ1) is 8.95. The Kier molecular flexibility index (Phi) is 4.68. The molecule has 2 heterocycles. The Balaban J connectivity index is 2.21. The van der Waals surface area contributed by atoms with Crippen molar-refractivity contribution in [3.8, 4) is 0 Å². The third-order valence-electron chi connectivity index (χ3n) is 3.24. The van der Waals surface area contributed by atoms with Gasteiger partial charge in [0.25, 0.3) is 0 Å². The molecule has 0 aliphatic carbocycles. The molecule has 0 amide bonds. The number of halogens is 2. The molecule has 0 bridgehead atoms. The van der Waals surface area contributed by atoms with Crippen molar-refractivity contribution in [2.75, 3.05) is 19.7 Å². The number of rotatable bonds is 3. The van der Waals surface area contributed by atoms with E-state index in [0.29, 0.717) is 25.9 Å². The summed E-state index contributed by atoms with van der Waals surface area (Å²) < 4.78 is 26.1. The van der Waals surface area contributed by atoms with E-state index in [1.54, 1.807) is 0 Å². The molecule has 5 nitrogen and oxygen atoms in total. The number of hydrogen-bond acceptors (Lipinski definition) is 4. The summed E-state index contributed by atoms with van der Waals surface area (Å²) in [5, 5.41) is 9.26. The summed E-state index contributed by atoms with van der Waals surface area (Å²) in [5.74, 6) is 0.179. The summed E-state index contributed by atoms with van der Waals surface area (Å²) in [7, 11) is -3.59. The zero-order valence-electron chi connectivity index (χ0n) is 10.1. The molecule has 106 valence electrons. The normalized spacial score (nSPS) is 18.7. The first-order valence-corrected chi connectivity index (χ1v) is 8.07. The molecule has 0 radical (unpaired) electrons. The topological polar surface area (TPSA) is 70.5 Å². The highest BCUT2D eigenvalue weighted by atomic mass is 35.5. The smallest absolute Gasteiger partial charge is 0.244 e. The predicted molar refractivity (Wildman–Crippen MR) is 72.8 cm³/mol. The summed E-state index contributed by atoms with van der Waals surface area (Å²) in [6, 6.07) is 1.31. The molecule has 1 fully saturated rings. The molecule has 2 rings (SSSR count). The summed E-state index contributed by atoms with van der Waals surface area (Å²) in [6.07, 6.45) is 2.52. The Morgan fingerprint density at radius 2 is 2.00 bits per heavy atom. The molecule has 0 aromatic carbocycles. The number of aromatic nitrogens is 1. The van der Waals surface area contributed by atoms with Gasteiger partial charge in [0.1, 0.15) is 10.0 Å². The fraction of sp³-hybridized carbons (Fsp3) is 0.545. The SMILES string of the molecule is O=S(=O)(c1cnc(Cl)c(Cl)c1)N1CCC(CO)CC1. The Labute approximate surface area is 122 Å². The Bertz CT molecular complexity index is 557. The average Bonchev–Trinajstić information content (AvgIpc) is 2.41. The van der Waals surface area contributed by atoms with Crippen molar-refractivity contribution in [3.63, 3.8) is 0 Å². The van der Waals surface area contributed by atoms with Crippen LogP contribution in [0.5, 0.6) is 0 Å². The van der Waals surface area contributed by atoms with Crippen molar-refractivity contribution in [1.82, 2.24) is 9.29 Å². The fourth-order valence-electron chi connectivity index (χ4n) is 2.03. The summed E-state index contributed by atoms with van der Waals surface area (Å²) >= 11 is 11.5. The van der Waals surface area contributed by atoms with Crippen LogP contribution in [0.3, 0.4) is 0 Å². The van der Waals surface area contributed by atoms with Gasteiger partial charge in [-0.05, 0) is 24.8 Å². The van der Waals surface area contributed by atoms with Crippen LogP contribution in [0.1, 0.15) is 12.8 Å². The van der Waals surface area contributed by atoms with Gasteiger partial charge in [-0.3, -0.25) is 0 Å². The Morgan fingerprint density at radius 3 is 2.53 bits per heavy atom. The number of sulfonamides is 1. The van der Waals surface area contributed by atoms with E-state index >= 15 is 0 Å². The molecule has 0 spiro atoms. The Morgan fingerprint density at radius 1 is 1.37 bits per heavy atom. The third kappa shape index (κ3) is 3.20. The van der Waals surface area contributed by atoms with Gasteiger partial charge in [0.05, 0.1) is 5.02 Å². The summed E-state index contributed by atoms with van der Waals surface area (Å²) in [5.41, 5.74) is 0. The molecule has 1 saturated heterocycles. The van der Waals surface area contributed by atoms with Crippen LogP contribution in [0.15, 0.2) is 17.2 Å². The van der Waals surface area contributed by atoms with Crippen LogP contribution in [0.2, 0.25) is 10.2 Å². The van der Waals surface area contributed by atoms with Crippen molar-refractivity contribution < 1.29 is 13.5 Å².